The van der Waals surface area contributed by atoms with Gasteiger partial charge in [-0.05, 0) is 54.4 Å². The summed E-state index contributed by atoms with van der Waals surface area (Å²) < 4.78 is 10.8. The van der Waals surface area contributed by atoms with E-state index in [1.165, 1.54) is 0 Å². The predicted octanol–water partition coefficient (Wildman–Crippen LogP) is 4.76. The highest BCUT2D eigenvalue weighted by atomic mass is 16.5. The molecule has 194 valence electrons. The lowest BCUT2D eigenvalue weighted by atomic mass is 9.84. The number of Topliss-reactive ketones (excluding diaryl/α,β-unsaturated/α-hetero) is 1. The van der Waals surface area contributed by atoms with Gasteiger partial charge >= 0.3 is 0 Å². The molecule has 0 radical (unpaired) electrons. The molecule has 0 spiro atoms. The average Bonchev–Trinajstić information content (AvgIpc) is 3.13. The SMILES string of the molecule is CCN(CC)CCN1C(=O)C(=O)/C(=C(\O)c2ccc(OC)c(C(C)(C)C)c2)C1c1ccc(OC)cc1. The lowest BCUT2D eigenvalue weighted by molar-refractivity contribution is -0.140. The molecule has 1 heterocycles. The molecule has 2 aromatic rings. The van der Waals surface area contributed by atoms with Crippen molar-refractivity contribution in [3.8, 4) is 11.5 Å². The Kier molecular flexibility index (Phi) is 8.46. The standard InChI is InChI=1S/C29H38N2O5/c1-8-30(9-2)16-17-31-25(19-10-13-21(35-6)14-11-19)24(27(33)28(31)34)26(32)20-12-15-23(36-7)22(18-20)29(3,4)5/h10-15,18,25,32H,8-9,16-17H2,1-7H3/b26-24-. The molecular weight excluding hydrogens is 456 g/mol. The Morgan fingerprint density at radius 1 is 1.00 bits per heavy atom. The molecule has 7 nitrogen and oxygen atoms in total. The highest BCUT2D eigenvalue weighted by molar-refractivity contribution is 6.46. The van der Waals surface area contributed by atoms with Gasteiger partial charge in [0.15, 0.2) is 0 Å². The molecule has 1 atom stereocenters. The largest absolute Gasteiger partial charge is 0.507 e. The first-order valence-corrected chi connectivity index (χ1v) is 12.4. The van der Waals surface area contributed by atoms with Gasteiger partial charge < -0.3 is 24.4 Å². The van der Waals surface area contributed by atoms with Crippen LogP contribution in [0.15, 0.2) is 48.0 Å². The van der Waals surface area contributed by atoms with Crippen LogP contribution in [-0.4, -0.2) is 67.0 Å². The maximum absolute atomic E-state index is 13.4. The number of carbonyl (C=O) groups is 2. The quantitative estimate of drug-likeness (QED) is 0.308. The zero-order valence-electron chi connectivity index (χ0n) is 22.4. The van der Waals surface area contributed by atoms with Crippen LogP contribution in [0, 0.1) is 0 Å². The van der Waals surface area contributed by atoms with Crippen LogP contribution in [0.5, 0.6) is 11.5 Å². The molecule has 0 saturated carbocycles. The minimum Gasteiger partial charge on any atom is -0.507 e. The summed E-state index contributed by atoms with van der Waals surface area (Å²) in [5, 5.41) is 11.5. The van der Waals surface area contributed by atoms with Crippen molar-refractivity contribution >= 4 is 17.4 Å². The van der Waals surface area contributed by atoms with Crippen molar-refractivity contribution in [2.75, 3.05) is 40.4 Å². The first kappa shape index (κ1) is 27.3. The smallest absolute Gasteiger partial charge is 0.295 e. The van der Waals surface area contributed by atoms with Crippen molar-refractivity contribution in [3.63, 3.8) is 0 Å². The summed E-state index contributed by atoms with van der Waals surface area (Å²) in [5.41, 5.74) is 1.94. The molecule has 1 unspecified atom stereocenters. The van der Waals surface area contributed by atoms with Gasteiger partial charge in [0.05, 0.1) is 25.8 Å². The second-order valence-corrected chi connectivity index (χ2v) is 9.96. The number of hydrogen-bond acceptors (Lipinski definition) is 6. The van der Waals surface area contributed by atoms with Gasteiger partial charge in [-0.25, -0.2) is 0 Å². The van der Waals surface area contributed by atoms with Gasteiger partial charge in [0.1, 0.15) is 17.3 Å². The molecule has 1 N–H and O–H groups in total. The fourth-order valence-corrected chi connectivity index (χ4v) is 4.63. The molecule has 0 aromatic heterocycles. The molecule has 0 aliphatic carbocycles. The first-order chi connectivity index (χ1) is 17.1. The van der Waals surface area contributed by atoms with Gasteiger partial charge in [0, 0.05) is 24.2 Å². The Labute approximate surface area is 214 Å². The Balaban J connectivity index is 2.16. The zero-order chi connectivity index (χ0) is 26.6. The number of ether oxygens (including phenoxy) is 2. The van der Waals surface area contributed by atoms with Gasteiger partial charge in [0.2, 0.25) is 0 Å². The number of nitrogens with zero attached hydrogens (tertiary/aromatic N) is 2. The molecule has 0 bridgehead atoms. The van der Waals surface area contributed by atoms with Crippen molar-refractivity contribution < 1.29 is 24.2 Å². The van der Waals surface area contributed by atoms with E-state index in [2.05, 4.69) is 39.5 Å². The van der Waals surface area contributed by atoms with E-state index < -0.39 is 17.7 Å². The number of aliphatic hydroxyl groups excluding tert-OH is 1. The van der Waals surface area contributed by atoms with Gasteiger partial charge in [-0.3, -0.25) is 9.59 Å². The van der Waals surface area contributed by atoms with Crippen molar-refractivity contribution in [3.05, 3.63) is 64.7 Å². The molecular formula is C29H38N2O5. The van der Waals surface area contributed by atoms with E-state index in [-0.39, 0.29) is 16.7 Å². The molecule has 36 heavy (non-hydrogen) atoms. The van der Waals surface area contributed by atoms with Crippen LogP contribution >= 0.6 is 0 Å². The summed E-state index contributed by atoms with van der Waals surface area (Å²) in [5.74, 6) is -0.100. The number of carbonyl (C=O) groups excluding carboxylic acids is 2. The second kappa shape index (κ2) is 11.2. The number of rotatable bonds is 9. The molecule has 1 aliphatic rings. The first-order valence-electron chi connectivity index (χ1n) is 12.4. The van der Waals surface area contributed by atoms with Crippen molar-refractivity contribution in [1.82, 2.24) is 9.80 Å². The maximum atomic E-state index is 13.4. The van der Waals surface area contributed by atoms with Crippen LogP contribution in [0.2, 0.25) is 0 Å². The Morgan fingerprint density at radius 3 is 2.17 bits per heavy atom. The highest BCUT2D eigenvalue weighted by Crippen LogP contribution is 2.41. The Bertz CT molecular complexity index is 1130. The van der Waals surface area contributed by atoms with Gasteiger partial charge in [-0.15, -0.1) is 0 Å². The normalized spacial score (nSPS) is 17.7. The number of aliphatic hydroxyl groups is 1. The predicted molar refractivity (Wildman–Crippen MR) is 141 cm³/mol. The monoisotopic (exact) mass is 494 g/mol. The zero-order valence-corrected chi connectivity index (χ0v) is 22.4. The summed E-state index contributed by atoms with van der Waals surface area (Å²) in [6.45, 7) is 13.0. The van der Waals surface area contributed by atoms with E-state index in [1.54, 1.807) is 43.4 Å². The van der Waals surface area contributed by atoms with E-state index in [0.717, 1.165) is 24.2 Å². The lowest BCUT2D eigenvalue weighted by Gasteiger charge is -2.28. The van der Waals surface area contributed by atoms with Crippen LogP contribution in [0.4, 0.5) is 0 Å². The number of ketones is 1. The third-order valence-corrected chi connectivity index (χ3v) is 6.80. The summed E-state index contributed by atoms with van der Waals surface area (Å²) in [7, 11) is 3.19. The minimum absolute atomic E-state index is 0.0924. The van der Waals surface area contributed by atoms with E-state index >= 15 is 0 Å². The Hall–Kier alpha value is -3.32. The third-order valence-electron chi connectivity index (χ3n) is 6.80. The number of benzene rings is 2. The van der Waals surface area contributed by atoms with Crippen LogP contribution in [0.25, 0.3) is 5.76 Å². The van der Waals surface area contributed by atoms with Gasteiger partial charge in [-0.1, -0.05) is 46.8 Å². The molecule has 1 amide bonds. The average molecular weight is 495 g/mol. The number of likely N-dealkylation sites (N-methyl/N-ethyl adjacent to an activating group) is 1. The van der Waals surface area contributed by atoms with Crippen LogP contribution in [-0.2, 0) is 15.0 Å². The summed E-state index contributed by atoms with van der Waals surface area (Å²) in [4.78, 5) is 30.4. The second-order valence-electron chi connectivity index (χ2n) is 9.96. The topological polar surface area (TPSA) is 79.3 Å². The molecule has 2 aromatic carbocycles. The maximum Gasteiger partial charge on any atom is 0.295 e. The van der Waals surface area contributed by atoms with Crippen LogP contribution in [0.1, 0.15) is 57.4 Å². The van der Waals surface area contributed by atoms with E-state index in [4.69, 9.17) is 9.47 Å². The van der Waals surface area contributed by atoms with Crippen molar-refractivity contribution in [2.24, 2.45) is 0 Å². The van der Waals surface area contributed by atoms with E-state index in [9.17, 15) is 14.7 Å². The fourth-order valence-electron chi connectivity index (χ4n) is 4.63. The molecule has 7 heteroatoms. The van der Waals surface area contributed by atoms with Crippen LogP contribution in [0.3, 0.4) is 0 Å². The van der Waals surface area contributed by atoms with Crippen LogP contribution < -0.4 is 9.47 Å². The number of hydrogen-bond donors (Lipinski definition) is 1. The molecule has 1 fully saturated rings. The summed E-state index contributed by atoms with van der Waals surface area (Å²) in [6, 6.07) is 11.9. The van der Waals surface area contributed by atoms with Gasteiger partial charge in [0.25, 0.3) is 11.7 Å². The number of amides is 1. The molecule has 1 saturated heterocycles. The lowest BCUT2D eigenvalue weighted by Crippen LogP contribution is -2.38. The van der Waals surface area contributed by atoms with Gasteiger partial charge in [-0.2, -0.15) is 0 Å². The molecule has 3 rings (SSSR count). The molecule has 1 aliphatic heterocycles. The number of methoxy groups -OCH3 is 2. The van der Waals surface area contributed by atoms with Crippen molar-refractivity contribution in [1.29, 1.82) is 0 Å². The highest BCUT2D eigenvalue weighted by Gasteiger charge is 2.46. The number of likely N-dealkylation sites (tertiary alicyclic amines) is 1. The minimum atomic E-state index is -0.702. The fraction of sp³-hybridized carbons (Fsp3) is 0.448. The van der Waals surface area contributed by atoms with E-state index in [0.29, 0.717) is 30.2 Å². The third kappa shape index (κ3) is 5.41. The summed E-state index contributed by atoms with van der Waals surface area (Å²) in [6.07, 6.45) is 0. The van der Waals surface area contributed by atoms with Crippen molar-refractivity contribution in [2.45, 2.75) is 46.1 Å². The summed E-state index contributed by atoms with van der Waals surface area (Å²) >= 11 is 0. The Morgan fingerprint density at radius 2 is 1.64 bits per heavy atom. The van der Waals surface area contributed by atoms with E-state index in [1.807, 2.05) is 18.2 Å².